The lowest BCUT2D eigenvalue weighted by Gasteiger charge is -2.21. The van der Waals surface area contributed by atoms with Crippen LogP contribution in [0.25, 0.3) is 0 Å². The summed E-state index contributed by atoms with van der Waals surface area (Å²) >= 11 is 7.14. The molecule has 0 bridgehead atoms. The first-order chi connectivity index (χ1) is 8.66. The third-order valence-electron chi connectivity index (χ3n) is 2.51. The minimum atomic E-state index is -0.155. The molecular weight excluding hydrogens is 334 g/mol. The number of carbonyl (C=O) groups is 1. The van der Waals surface area contributed by atoms with Crippen molar-refractivity contribution in [3.63, 3.8) is 0 Å². The van der Waals surface area contributed by atoms with Gasteiger partial charge >= 0.3 is 0 Å². The quantitative estimate of drug-likeness (QED) is 0.875. The molecule has 0 aliphatic carbocycles. The third kappa shape index (κ3) is 3.80. The van der Waals surface area contributed by atoms with Gasteiger partial charge in [0, 0.05) is 39.7 Å². The Bertz CT molecular complexity index is 438. The van der Waals surface area contributed by atoms with Crippen molar-refractivity contribution in [3.05, 3.63) is 22.3 Å². The minimum Gasteiger partial charge on any atom is -0.383 e. The molecule has 3 N–H and O–H groups in total. The number of nitrogen functional groups attached to an aromatic ring is 1. The lowest BCUT2D eigenvalue weighted by Crippen LogP contribution is -2.33. The van der Waals surface area contributed by atoms with Crippen molar-refractivity contribution in [1.29, 1.82) is 0 Å². The second kappa shape index (κ2) is 6.68. The van der Waals surface area contributed by atoms with Crippen LogP contribution in [0.2, 0.25) is 0 Å². The summed E-state index contributed by atoms with van der Waals surface area (Å²) in [6, 6.07) is 1.69. The van der Waals surface area contributed by atoms with Gasteiger partial charge in [-0.25, -0.2) is 4.98 Å². The molecule has 2 heterocycles. The predicted molar refractivity (Wildman–Crippen MR) is 82.3 cm³/mol. The Labute approximate surface area is 123 Å². The summed E-state index contributed by atoms with van der Waals surface area (Å²) < 4.78 is 0.754. The van der Waals surface area contributed by atoms with E-state index in [1.54, 1.807) is 12.3 Å². The van der Waals surface area contributed by atoms with E-state index in [2.05, 4.69) is 26.2 Å². The molecular formula is C11H14BrN3OS2. The van der Waals surface area contributed by atoms with Crippen LogP contribution in [0.5, 0.6) is 0 Å². The number of carbonyl (C=O) groups excluding carboxylic acids is 1. The number of hydrogen-bond acceptors (Lipinski definition) is 5. The van der Waals surface area contributed by atoms with E-state index < -0.39 is 0 Å². The summed E-state index contributed by atoms with van der Waals surface area (Å²) in [6.45, 7) is 0.683. The highest BCUT2D eigenvalue weighted by Gasteiger charge is 2.17. The largest absolute Gasteiger partial charge is 0.383 e. The van der Waals surface area contributed by atoms with Gasteiger partial charge in [0.1, 0.15) is 5.82 Å². The van der Waals surface area contributed by atoms with E-state index in [1.165, 1.54) is 5.75 Å². The third-order valence-corrected chi connectivity index (χ3v) is 5.78. The Morgan fingerprint density at radius 2 is 2.44 bits per heavy atom. The summed E-state index contributed by atoms with van der Waals surface area (Å²) in [5, 5.41) is 3.42. The second-order valence-electron chi connectivity index (χ2n) is 3.86. The normalized spacial score (nSPS) is 19.5. The molecule has 1 aromatic rings. The topological polar surface area (TPSA) is 68.0 Å². The monoisotopic (exact) mass is 347 g/mol. The molecule has 0 radical (unpaired) electrons. The number of thioether (sulfide) groups is 2. The average molecular weight is 348 g/mol. The number of nitrogens with two attached hydrogens (primary N) is 1. The van der Waals surface area contributed by atoms with Gasteiger partial charge in [0.15, 0.2) is 0 Å². The van der Waals surface area contributed by atoms with Crippen molar-refractivity contribution in [2.75, 3.05) is 29.5 Å². The number of hydrogen-bond donors (Lipinski definition) is 2. The van der Waals surface area contributed by atoms with Gasteiger partial charge in [-0.05, 0) is 22.0 Å². The Hall–Kier alpha value is -0.400. The Morgan fingerprint density at radius 1 is 1.61 bits per heavy atom. The van der Waals surface area contributed by atoms with Gasteiger partial charge in [0.2, 0.25) is 0 Å². The summed E-state index contributed by atoms with van der Waals surface area (Å²) in [6.07, 6.45) is 1.58. The molecule has 1 amide bonds. The molecule has 1 aromatic heterocycles. The highest BCUT2D eigenvalue weighted by atomic mass is 79.9. The van der Waals surface area contributed by atoms with Gasteiger partial charge in [0.05, 0.1) is 5.56 Å². The highest BCUT2D eigenvalue weighted by Crippen LogP contribution is 2.23. The first-order valence-electron chi connectivity index (χ1n) is 5.55. The van der Waals surface area contributed by atoms with Crippen LogP contribution in [0.15, 0.2) is 16.7 Å². The van der Waals surface area contributed by atoms with Gasteiger partial charge in [-0.3, -0.25) is 4.79 Å². The summed E-state index contributed by atoms with van der Waals surface area (Å²) in [5.41, 5.74) is 6.13. The molecule has 1 unspecified atom stereocenters. The Morgan fingerprint density at radius 3 is 3.17 bits per heavy atom. The van der Waals surface area contributed by atoms with Crippen LogP contribution in [0.3, 0.4) is 0 Å². The van der Waals surface area contributed by atoms with E-state index in [0.29, 0.717) is 17.4 Å². The molecule has 1 atom stereocenters. The van der Waals surface area contributed by atoms with Gasteiger partial charge in [0.25, 0.3) is 5.91 Å². The molecule has 1 aliphatic rings. The molecule has 1 fully saturated rings. The van der Waals surface area contributed by atoms with Crippen molar-refractivity contribution < 1.29 is 4.79 Å². The number of rotatable bonds is 3. The van der Waals surface area contributed by atoms with Crippen molar-refractivity contribution >= 4 is 51.2 Å². The van der Waals surface area contributed by atoms with E-state index in [9.17, 15) is 4.79 Å². The van der Waals surface area contributed by atoms with E-state index in [0.717, 1.165) is 16.0 Å². The molecule has 0 aromatic carbocycles. The number of aromatic nitrogens is 1. The van der Waals surface area contributed by atoms with Crippen LogP contribution in [-0.4, -0.2) is 39.9 Å². The average Bonchev–Trinajstić information content (AvgIpc) is 2.40. The molecule has 1 saturated heterocycles. The van der Waals surface area contributed by atoms with E-state index in [4.69, 9.17) is 5.73 Å². The molecule has 4 nitrogen and oxygen atoms in total. The van der Waals surface area contributed by atoms with Crippen LogP contribution in [-0.2, 0) is 0 Å². The van der Waals surface area contributed by atoms with Crippen molar-refractivity contribution in [1.82, 2.24) is 10.3 Å². The second-order valence-corrected chi connectivity index (χ2v) is 7.34. The van der Waals surface area contributed by atoms with E-state index >= 15 is 0 Å². The standard InChI is InChI=1S/C11H14BrN3OS2/c12-7-3-9(10(13)14-4-7)11(16)15-5-8-6-17-1-2-18-8/h3-4,8H,1-2,5-6H2,(H2,13,14)(H,15,16). The van der Waals surface area contributed by atoms with Crippen LogP contribution in [0, 0.1) is 0 Å². The SMILES string of the molecule is Nc1ncc(Br)cc1C(=O)NCC1CSCCS1. The zero-order chi connectivity index (χ0) is 13.0. The number of anilines is 1. The zero-order valence-electron chi connectivity index (χ0n) is 9.69. The van der Waals surface area contributed by atoms with Crippen LogP contribution in [0.4, 0.5) is 5.82 Å². The van der Waals surface area contributed by atoms with Gasteiger partial charge in [-0.2, -0.15) is 23.5 Å². The van der Waals surface area contributed by atoms with Gasteiger partial charge in [-0.15, -0.1) is 0 Å². The fourth-order valence-electron chi connectivity index (χ4n) is 1.59. The van der Waals surface area contributed by atoms with Crippen molar-refractivity contribution in [2.45, 2.75) is 5.25 Å². The summed E-state index contributed by atoms with van der Waals surface area (Å²) in [4.78, 5) is 15.9. The minimum absolute atomic E-state index is 0.155. The molecule has 0 saturated carbocycles. The van der Waals surface area contributed by atoms with Crippen LogP contribution >= 0.6 is 39.5 Å². The summed E-state index contributed by atoms with van der Waals surface area (Å²) in [7, 11) is 0. The lowest BCUT2D eigenvalue weighted by molar-refractivity contribution is 0.0955. The van der Waals surface area contributed by atoms with E-state index in [-0.39, 0.29) is 11.7 Å². The van der Waals surface area contributed by atoms with Gasteiger partial charge in [-0.1, -0.05) is 0 Å². The maximum Gasteiger partial charge on any atom is 0.255 e. The number of pyridine rings is 1. The van der Waals surface area contributed by atoms with Crippen LogP contribution < -0.4 is 11.1 Å². The predicted octanol–water partition coefficient (Wildman–Crippen LogP) is 2.00. The van der Waals surface area contributed by atoms with Crippen molar-refractivity contribution in [3.8, 4) is 0 Å². The number of nitrogens with one attached hydrogen (secondary N) is 1. The molecule has 18 heavy (non-hydrogen) atoms. The number of amides is 1. The Balaban J connectivity index is 1.92. The fraction of sp³-hybridized carbons (Fsp3) is 0.455. The maximum atomic E-state index is 12.0. The molecule has 0 spiro atoms. The van der Waals surface area contributed by atoms with Gasteiger partial charge < -0.3 is 11.1 Å². The van der Waals surface area contributed by atoms with Crippen LogP contribution in [0.1, 0.15) is 10.4 Å². The maximum absolute atomic E-state index is 12.0. The first kappa shape index (κ1) is 14.0. The van der Waals surface area contributed by atoms with E-state index in [1.807, 2.05) is 23.5 Å². The molecule has 98 valence electrons. The smallest absolute Gasteiger partial charge is 0.255 e. The highest BCUT2D eigenvalue weighted by molar-refractivity contribution is 9.10. The molecule has 7 heteroatoms. The zero-order valence-corrected chi connectivity index (χ0v) is 12.9. The van der Waals surface area contributed by atoms with Crippen molar-refractivity contribution in [2.24, 2.45) is 0 Å². The first-order valence-corrected chi connectivity index (χ1v) is 8.55. The number of halogens is 1. The number of nitrogens with zero attached hydrogens (tertiary/aromatic N) is 1. The Kier molecular flexibility index (Phi) is 5.20. The summed E-state index contributed by atoms with van der Waals surface area (Å²) in [5.74, 6) is 3.57. The lowest BCUT2D eigenvalue weighted by atomic mass is 10.2. The molecule has 1 aliphatic heterocycles. The molecule has 2 rings (SSSR count). The fourth-order valence-corrected chi connectivity index (χ4v) is 4.53.